The summed E-state index contributed by atoms with van der Waals surface area (Å²) < 4.78 is 0. The third-order valence-corrected chi connectivity index (χ3v) is 3.97. The van der Waals surface area contributed by atoms with E-state index in [2.05, 4.69) is 16.8 Å². The molecule has 3 nitrogen and oxygen atoms in total. The van der Waals surface area contributed by atoms with E-state index in [1.807, 2.05) is 43.7 Å². The van der Waals surface area contributed by atoms with Gasteiger partial charge in [-0.25, -0.2) is 0 Å². The molecule has 0 aliphatic heterocycles. The van der Waals surface area contributed by atoms with E-state index in [1.165, 1.54) is 5.56 Å². The molecule has 1 amide bonds. The highest BCUT2D eigenvalue weighted by molar-refractivity contribution is 7.07. The van der Waals surface area contributed by atoms with E-state index >= 15 is 0 Å². The van der Waals surface area contributed by atoms with Crippen molar-refractivity contribution in [2.75, 3.05) is 20.6 Å². The maximum Gasteiger partial charge on any atom is 0.254 e. The predicted molar refractivity (Wildman–Crippen MR) is 84.2 cm³/mol. The second-order valence-corrected chi connectivity index (χ2v) is 5.58. The third kappa shape index (κ3) is 3.68. The lowest BCUT2D eigenvalue weighted by atomic mass is 10.0. The minimum absolute atomic E-state index is 0.0860. The van der Waals surface area contributed by atoms with Crippen molar-refractivity contribution in [1.82, 2.24) is 10.2 Å². The maximum atomic E-state index is 12.6. The summed E-state index contributed by atoms with van der Waals surface area (Å²) in [6.45, 7) is 1.53. The van der Waals surface area contributed by atoms with Crippen LogP contribution in [0.25, 0.3) is 0 Å². The first-order valence-electron chi connectivity index (χ1n) is 6.71. The van der Waals surface area contributed by atoms with Gasteiger partial charge in [0.25, 0.3) is 5.91 Å². The van der Waals surface area contributed by atoms with Crippen LogP contribution in [-0.4, -0.2) is 31.4 Å². The number of likely N-dealkylation sites (N-methyl/N-ethyl adjacent to an activating group) is 1. The van der Waals surface area contributed by atoms with Crippen LogP contribution >= 0.6 is 11.3 Å². The van der Waals surface area contributed by atoms with Gasteiger partial charge in [0, 0.05) is 19.2 Å². The normalized spacial score (nSPS) is 10.5. The second-order valence-electron chi connectivity index (χ2n) is 4.80. The first-order valence-corrected chi connectivity index (χ1v) is 7.65. The molecule has 1 aromatic carbocycles. The summed E-state index contributed by atoms with van der Waals surface area (Å²) in [5.74, 6) is 0.0860. The topological polar surface area (TPSA) is 32.3 Å². The van der Waals surface area contributed by atoms with Gasteiger partial charge in [-0.05, 0) is 54.0 Å². The Balaban J connectivity index is 2.11. The van der Waals surface area contributed by atoms with Gasteiger partial charge in [-0.2, -0.15) is 11.3 Å². The number of nitrogens with one attached hydrogen (secondary N) is 1. The number of carbonyl (C=O) groups excluding carboxylic acids is 1. The van der Waals surface area contributed by atoms with Gasteiger partial charge in [0.15, 0.2) is 0 Å². The number of amides is 1. The first-order chi connectivity index (χ1) is 9.72. The smallest absolute Gasteiger partial charge is 0.254 e. The Morgan fingerprint density at radius 1 is 1.30 bits per heavy atom. The van der Waals surface area contributed by atoms with Gasteiger partial charge in [-0.15, -0.1) is 0 Å². The Morgan fingerprint density at radius 2 is 2.10 bits per heavy atom. The molecule has 0 bridgehead atoms. The fraction of sp³-hybridized carbons (Fsp3) is 0.312. The van der Waals surface area contributed by atoms with E-state index in [0.29, 0.717) is 6.54 Å². The largest absolute Gasteiger partial charge is 0.337 e. The van der Waals surface area contributed by atoms with Crippen LogP contribution in [0.4, 0.5) is 0 Å². The Kier molecular flexibility index (Phi) is 5.32. The lowest BCUT2D eigenvalue weighted by molar-refractivity contribution is 0.0784. The van der Waals surface area contributed by atoms with Crippen molar-refractivity contribution in [3.05, 3.63) is 57.8 Å². The van der Waals surface area contributed by atoms with Crippen LogP contribution in [0.2, 0.25) is 0 Å². The van der Waals surface area contributed by atoms with E-state index in [0.717, 1.165) is 24.1 Å². The van der Waals surface area contributed by atoms with E-state index in [9.17, 15) is 4.79 Å². The van der Waals surface area contributed by atoms with Crippen molar-refractivity contribution in [2.45, 2.75) is 13.0 Å². The summed E-state index contributed by atoms with van der Waals surface area (Å²) >= 11 is 1.66. The highest BCUT2D eigenvalue weighted by atomic mass is 32.1. The van der Waals surface area contributed by atoms with Gasteiger partial charge in [0.2, 0.25) is 0 Å². The van der Waals surface area contributed by atoms with E-state index in [-0.39, 0.29) is 5.91 Å². The zero-order chi connectivity index (χ0) is 14.4. The zero-order valence-electron chi connectivity index (χ0n) is 11.9. The number of hydrogen-bond acceptors (Lipinski definition) is 3. The molecule has 2 rings (SSSR count). The zero-order valence-corrected chi connectivity index (χ0v) is 12.7. The molecule has 0 saturated heterocycles. The number of thiophene rings is 1. The Bertz CT molecular complexity index is 551. The third-order valence-electron chi connectivity index (χ3n) is 3.24. The fourth-order valence-corrected chi connectivity index (χ4v) is 2.80. The van der Waals surface area contributed by atoms with Gasteiger partial charge in [-0.3, -0.25) is 4.79 Å². The van der Waals surface area contributed by atoms with E-state index < -0.39 is 0 Å². The van der Waals surface area contributed by atoms with Crippen LogP contribution in [0, 0.1) is 0 Å². The Morgan fingerprint density at radius 3 is 2.80 bits per heavy atom. The molecule has 1 N–H and O–H groups in total. The van der Waals surface area contributed by atoms with Crippen LogP contribution in [0.3, 0.4) is 0 Å². The number of hydrogen-bond donors (Lipinski definition) is 1. The molecule has 0 radical (unpaired) electrons. The minimum Gasteiger partial charge on any atom is -0.337 e. The molecule has 1 heterocycles. The minimum atomic E-state index is 0.0860. The summed E-state index contributed by atoms with van der Waals surface area (Å²) in [5, 5.41) is 7.24. The monoisotopic (exact) mass is 288 g/mol. The standard InChI is InChI=1S/C16H20N2OS/c1-17-9-7-14-5-3-4-6-15(14)16(19)18(2)11-13-8-10-20-12-13/h3-6,8,10,12,17H,7,9,11H2,1-2H3. The summed E-state index contributed by atoms with van der Waals surface area (Å²) in [4.78, 5) is 14.3. The van der Waals surface area contributed by atoms with Gasteiger partial charge in [0.05, 0.1) is 0 Å². The molecule has 0 atom stereocenters. The summed E-state index contributed by atoms with van der Waals surface area (Å²) in [5.41, 5.74) is 3.09. The van der Waals surface area contributed by atoms with Crippen molar-refractivity contribution >= 4 is 17.2 Å². The number of carbonyl (C=O) groups is 1. The average molecular weight is 288 g/mol. The van der Waals surface area contributed by atoms with Crippen molar-refractivity contribution in [1.29, 1.82) is 0 Å². The highest BCUT2D eigenvalue weighted by Gasteiger charge is 2.15. The molecule has 0 saturated carbocycles. The van der Waals surface area contributed by atoms with Crippen LogP contribution in [0.5, 0.6) is 0 Å². The lowest BCUT2D eigenvalue weighted by Gasteiger charge is -2.18. The molecule has 0 unspecified atom stereocenters. The Hall–Kier alpha value is -1.65. The molecular weight excluding hydrogens is 268 g/mol. The predicted octanol–water partition coefficient (Wildman–Crippen LogP) is 2.78. The van der Waals surface area contributed by atoms with Gasteiger partial charge >= 0.3 is 0 Å². The van der Waals surface area contributed by atoms with Gasteiger partial charge in [0.1, 0.15) is 0 Å². The van der Waals surface area contributed by atoms with Crippen molar-refractivity contribution in [3.63, 3.8) is 0 Å². The molecular formula is C16H20N2OS. The van der Waals surface area contributed by atoms with E-state index in [4.69, 9.17) is 0 Å². The first kappa shape index (κ1) is 14.8. The highest BCUT2D eigenvalue weighted by Crippen LogP contribution is 2.15. The summed E-state index contributed by atoms with van der Waals surface area (Å²) in [6.07, 6.45) is 0.866. The molecule has 0 aliphatic carbocycles. The van der Waals surface area contributed by atoms with Gasteiger partial charge in [-0.1, -0.05) is 18.2 Å². The molecule has 0 aliphatic rings. The second kappa shape index (κ2) is 7.22. The molecule has 106 valence electrons. The maximum absolute atomic E-state index is 12.6. The number of benzene rings is 1. The SMILES string of the molecule is CNCCc1ccccc1C(=O)N(C)Cc1ccsc1. The molecule has 2 aromatic rings. The Labute approximate surface area is 124 Å². The summed E-state index contributed by atoms with van der Waals surface area (Å²) in [6, 6.07) is 9.91. The van der Waals surface area contributed by atoms with E-state index in [1.54, 1.807) is 16.2 Å². The fourth-order valence-electron chi connectivity index (χ4n) is 2.14. The van der Waals surface area contributed by atoms with Crippen LogP contribution < -0.4 is 5.32 Å². The molecule has 0 spiro atoms. The number of nitrogens with zero attached hydrogens (tertiary/aromatic N) is 1. The average Bonchev–Trinajstić information content (AvgIpc) is 2.97. The van der Waals surface area contributed by atoms with Crippen molar-refractivity contribution < 1.29 is 4.79 Å². The molecule has 4 heteroatoms. The molecule has 1 aromatic heterocycles. The quantitative estimate of drug-likeness (QED) is 0.886. The molecule has 20 heavy (non-hydrogen) atoms. The summed E-state index contributed by atoms with van der Waals surface area (Å²) in [7, 11) is 3.78. The lowest BCUT2D eigenvalue weighted by Crippen LogP contribution is -2.27. The number of rotatable bonds is 6. The van der Waals surface area contributed by atoms with Crippen molar-refractivity contribution in [2.24, 2.45) is 0 Å². The van der Waals surface area contributed by atoms with Crippen LogP contribution in [0.1, 0.15) is 21.5 Å². The van der Waals surface area contributed by atoms with Crippen molar-refractivity contribution in [3.8, 4) is 0 Å². The molecule has 0 fully saturated rings. The van der Waals surface area contributed by atoms with Gasteiger partial charge < -0.3 is 10.2 Å². The van der Waals surface area contributed by atoms with Crippen LogP contribution in [0.15, 0.2) is 41.1 Å². The van der Waals surface area contributed by atoms with Crippen LogP contribution in [-0.2, 0) is 13.0 Å².